The number of likely N-dealkylation sites (N-methyl/N-ethyl adjacent to an activating group) is 1. The van der Waals surface area contributed by atoms with Crippen LogP contribution in [-0.2, 0) is 4.79 Å². The molecule has 0 bridgehead atoms. The van der Waals surface area contributed by atoms with Crippen LogP contribution in [0.1, 0.15) is 0 Å². The summed E-state index contributed by atoms with van der Waals surface area (Å²) < 4.78 is 13.4. The number of H-pyrrole nitrogens is 1. The molecular formula is C20H20FN5O2. The number of aromatic amines is 1. The summed E-state index contributed by atoms with van der Waals surface area (Å²) in [5, 5.41) is 17.1. The summed E-state index contributed by atoms with van der Waals surface area (Å²) in [6.45, 7) is 1.61. The average molecular weight is 381 g/mol. The molecule has 1 aromatic carbocycles. The van der Waals surface area contributed by atoms with E-state index in [1.54, 1.807) is 24.5 Å². The molecule has 0 saturated carbocycles. The van der Waals surface area contributed by atoms with Crippen LogP contribution in [0.25, 0.3) is 22.4 Å². The van der Waals surface area contributed by atoms with Crippen LogP contribution >= 0.6 is 0 Å². The second-order valence-electron chi connectivity index (χ2n) is 6.82. The lowest BCUT2D eigenvalue weighted by molar-refractivity contribution is -0.142. The van der Waals surface area contributed by atoms with Crippen molar-refractivity contribution in [2.45, 2.75) is 6.04 Å². The van der Waals surface area contributed by atoms with Crippen LogP contribution in [0.15, 0.2) is 48.8 Å². The van der Waals surface area contributed by atoms with Crippen molar-refractivity contribution in [2.75, 3.05) is 31.6 Å². The van der Waals surface area contributed by atoms with E-state index < -0.39 is 12.0 Å². The van der Waals surface area contributed by atoms with Crippen molar-refractivity contribution in [1.82, 2.24) is 20.1 Å². The quantitative estimate of drug-likeness (QED) is 0.722. The lowest BCUT2D eigenvalue weighted by atomic mass is 10.0. The summed E-state index contributed by atoms with van der Waals surface area (Å²) in [4.78, 5) is 19.5. The molecule has 0 radical (unpaired) electrons. The monoisotopic (exact) mass is 381 g/mol. The summed E-state index contributed by atoms with van der Waals surface area (Å²) >= 11 is 0. The third kappa shape index (κ3) is 3.34. The molecule has 3 heterocycles. The number of hydrogen-bond acceptors (Lipinski definition) is 5. The Morgan fingerprint density at radius 1 is 1.14 bits per heavy atom. The number of piperazine rings is 1. The zero-order valence-electron chi connectivity index (χ0n) is 15.3. The topological polar surface area (TPSA) is 85.4 Å². The first kappa shape index (κ1) is 18.1. The van der Waals surface area contributed by atoms with Gasteiger partial charge in [0.15, 0.2) is 5.82 Å². The second-order valence-corrected chi connectivity index (χ2v) is 6.82. The van der Waals surface area contributed by atoms with Gasteiger partial charge in [0.2, 0.25) is 0 Å². The number of carboxylic acid groups (broad SMARTS) is 1. The fraction of sp³-hybridized carbons (Fsp3) is 0.250. The van der Waals surface area contributed by atoms with Crippen LogP contribution in [0, 0.1) is 5.82 Å². The number of carbonyl (C=O) groups is 1. The van der Waals surface area contributed by atoms with Crippen molar-refractivity contribution in [1.29, 1.82) is 0 Å². The fourth-order valence-corrected chi connectivity index (χ4v) is 3.51. The third-order valence-electron chi connectivity index (χ3n) is 5.08. The van der Waals surface area contributed by atoms with Crippen LogP contribution in [-0.4, -0.2) is 63.9 Å². The number of halogens is 1. The summed E-state index contributed by atoms with van der Waals surface area (Å²) in [5.41, 5.74) is 3.31. The van der Waals surface area contributed by atoms with E-state index in [4.69, 9.17) is 0 Å². The van der Waals surface area contributed by atoms with E-state index >= 15 is 0 Å². The molecule has 144 valence electrons. The molecule has 7 nitrogen and oxygen atoms in total. The van der Waals surface area contributed by atoms with Gasteiger partial charge in [-0.1, -0.05) is 0 Å². The third-order valence-corrected chi connectivity index (χ3v) is 5.08. The average Bonchev–Trinajstić information content (AvgIpc) is 3.14. The van der Waals surface area contributed by atoms with Crippen molar-refractivity contribution in [2.24, 2.45) is 0 Å². The van der Waals surface area contributed by atoms with E-state index in [9.17, 15) is 14.3 Å². The van der Waals surface area contributed by atoms with Gasteiger partial charge in [0.05, 0.1) is 11.3 Å². The Morgan fingerprint density at radius 3 is 2.54 bits per heavy atom. The normalized spacial score (nSPS) is 17.6. The molecule has 1 atom stereocenters. The van der Waals surface area contributed by atoms with E-state index in [1.807, 2.05) is 29.0 Å². The largest absolute Gasteiger partial charge is 0.480 e. The number of benzene rings is 1. The van der Waals surface area contributed by atoms with E-state index in [0.717, 1.165) is 22.4 Å². The highest BCUT2D eigenvalue weighted by atomic mass is 19.1. The number of hydrogen-bond donors (Lipinski definition) is 2. The van der Waals surface area contributed by atoms with E-state index in [-0.39, 0.29) is 5.82 Å². The second kappa shape index (κ2) is 7.40. The predicted octanol–water partition coefficient (Wildman–Crippen LogP) is 2.48. The molecule has 8 heteroatoms. The molecule has 0 aliphatic carbocycles. The molecule has 0 amide bonds. The first-order valence-corrected chi connectivity index (χ1v) is 8.97. The molecular weight excluding hydrogens is 361 g/mol. The van der Waals surface area contributed by atoms with Crippen molar-refractivity contribution < 1.29 is 14.3 Å². The van der Waals surface area contributed by atoms with Gasteiger partial charge in [0.25, 0.3) is 0 Å². The predicted molar refractivity (Wildman–Crippen MR) is 103 cm³/mol. The molecule has 2 aromatic heterocycles. The summed E-state index contributed by atoms with van der Waals surface area (Å²) in [6.07, 6.45) is 3.40. The molecule has 2 N–H and O–H groups in total. The van der Waals surface area contributed by atoms with Gasteiger partial charge < -0.3 is 10.0 Å². The number of rotatable bonds is 4. The van der Waals surface area contributed by atoms with Crippen LogP contribution in [0.5, 0.6) is 0 Å². The lowest BCUT2D eigenvalue weighted by Gasteiger charge is -2.37. The van der Waals surface area contributed by atoms with Gasteiger partial charge in [-0.3, -0.25) is 19.8 Å². The Bertz CT molecular complexity index is 974. The Labute approximate surface area is 161 Å². The van der Waals surface area contributed by atoms with Gasteiger partial charge in [-0.25, -0.2) is 4.39 Å². The maximum atomic E-state index is 13.4. The summed E-state index contributed by atoms with van der Waals surface area (Å²) in [5.74, 6) is -0.478. The van der Waals surface area contributed by atoms with Crippen molar-refractivity contribution in [3.05, 3.63) is 54.6 Å². The number of pyridine rings is 1. The highest BCUT2D eigenvalue weighted by Gasteiger charge is 2.32. The van der Waals surface area contributed by atoms with Crippen LogP contribution in [0.3, 0.4) is 0 Å². The zero-order valence-corrected chi connectivity index (χ0v) is 15.3. The number of nitrogens with zero attached hydrogens (tertiary/aromatic N) is 4. The smallest absolute Gasteiger partial charge is 0.322 e. The Morgan fingerprint density at radius 2 is 1.86 bits per heavy atom. The highest BCUT2D eigenvalue weighted by molar-refractivity contribution is 5.89. The Kier molecular flexibility index (Phi) is 4.79. The van der Waals surface area contributed by atoms with E-state index in [1.165, 1.54) is 12.1 Å². The molecule has 3 aromatic rings. The minimum Gasteiger partial charge on any atom is -0.480 e. The Balaban J connectivity index is 1.80. The van der Waals surface area contributed by atoms with Crippen molar-refractivity contribution in [3.63, 3.8) is 0 Å². The molecule has 1 aliphatic heterocycles. The molecule has 1 saturated heterocycles. The SMILES string of the molecule is CN1CCN(c2n[nH]c(-c3ccc(F)cc3)c2-c2ccncc2)CC1C(=O)O. The molecule has 1 fully saturated rings. The van der Waals surface area contributed by atoms with Gasteiger partial charge in [-0.05, 0) is 49.0 Å². The minimum absolute atomic E-state index is 0.308. The molecule has 4 rings (SSSR count). The maximum Gasteiger partial charge on any atom is 0.322 e. The summed E-state index contributed by atoms with van der Waals surface area (Å²) in [7, 11) is 1.81. The standard InChI is InChI=1S/C20H20FN5O2/c1-25-10-11-26(12-16(25)20(27)28)19-17(13-6-8-22-9-7-13)18(23-24-19)14-2-4-15(21)5-3-14/h2-9,16H,10-12H2,1H3,(H,23,24)(H,27,28). The number of nitrogens with one attached hydrogen (secondary N) is 1. The van der Waals surface area contributed by atoms with Crippen molar-refractivity contribution in [3.8, 4) is 22.4 Å². The minimum atomic E-state index is -0.855. The van der Waals surface area contributed by atoms with Gasteiger partial charge >= 0.3 is 5.97 Å². The lowest BCUT2D eigenvalue weighted by Crippen LogP contribution is -2.55. The number of carboxylic acids is 1. The van der Waals surface area contributed by atoms with E-state index in [0.29, 0.717) is 25.5 Å². The Hall–Kier alpha value is -3.26. The van der Waals surface area contributed by atoms with Crippen LogP contribution in [0.4, 0.5) is 10.2 Å². The van der Waals surface area contributed by atoms with Gasteiger partial charge in [-0.2, -0.15) is 5.10 Å². The molecule has 1 unspecified atom stereocenters. The maximum absolute atomic E-state index is 13.4. The highest BCUT2D eigenvalue weighted by Crippen LogP contribution is 2.38. The van der Waals surface area contributed by atoms with Gasteiger partial charge in [0.1, 0.15) is 11.9 Å². The number of anilines is 1. The number of aromatic nitrogens is 3. The summed E-state index contributed by atoms with van der Waals surface area (Å²) in [6, 6.07) is 9.36. The molecule has 1 aliphatic rings. The molecule has 0 spiro atoms. The van der Waals surface area contributed by atoms with Gasteiger partial charge in [0, 0.05) is 37.6 Å². The number of aliphatic carboxylic acids is 1. The first-order valence-electron chi connectivity index (χ1n) is 8.97. The van der Waals surface area contributed by atoms with Crippen molar-refractivity contribution >= 4 is 11.8 Å². The van der Waals surface area contributed by atoms with Crippen LogP contribution < -0.4 is 4.90 Å². The first-order chi connectivity index (χ1) is 13.5. The van der Waals surface area contributed by atoms with Crippen LogP contribution in [0.2, 0.25) is 0 Å². The molecule has 28 heavy (non-hydrogen) atoms. The van der Waals surface area contributed by atoms with Gasteiger partial charge in [-0.15, -0.1) is 0 Å². The zero-order chi connectivity index (χ0) is 19.7. The van der Waals surface area contributed by atoms with E-state index in [2.05, 4.69) is 15.2 Å². The fourth-order valence-electron chi connectivity index (χ4n) is 3.51.